The lowest BCUT2D eigenvalue weighted by atomic mass is 9.90. The molecular weight excluding hydrogens is 239 g/mol. The Labute approximate surface area is 103 Å². The molecule has 6 heteroatoms. The quantitative estimate of drug-likeness (QED) is 0.857. The van der Waals surface area contributed by atoms with Crippen molar-refractivity contribution >= 4 is 11.9 Å². The number of nitrogens with zero attached hydrogens (tertiary/aromatic N) is 2. The number of aliphatic carboxylic acids is 1. The van der Waals surface area contributed by atoms with Crippen molar-refractivity contribution in [3.63, 3.8) is 0 Å². The molecule has 1 aromatic heterocycles. The van der Waals surface area contributed by atoms with E-state index >= 15 is 0 Å². The molecule has 1 amide bonds. The smallest absolute Gasteiger partial charge is 0.311 e. The number of halogens is 1. The zero-order valence-corrected chi connectivity index (χ0v) is 9.89. The lowest BCUT2D eigenvalue weighted by Gasteiger charge is -2.19. The van der Waals surface area contributed by atoms with Crippen molar-refractivity contribution in [3.05, 3.63) is 29.8 Å². The molecule has 1 fully saturated rings. The summed E-state index contributed by atoms with van der Waals surface area (Å²) in [5, 5.41) is 9.08. The average Bonchev–Trinajstić information content (AvgIpc) is 2.73. The number of pyridine rings is 1. The lowest BCUT2D eigenvalue weighted by molar-refractivity contribution is -0.147. The minimum absolute atomic E-state index is 0.131. The molecule has 0 aromatic carbocycles. The number of hydrogen-bond donors (Lipinski definition) is 1. The number of aromatic nitrogens is 1. The summed E-state index contributed by atoms with van der Waals surface area (Å²) in [6.07, 6.45) is 1.38. The molecule has 1 saturated heterocycles. The van der Waals surface area contributed by atoms with E-state index in [1.807, 2.05) is 0 Å². The standard InChI is InChI=1S/C12H13FN2O3/c1-12(11(17)18)4-5-15(7-12)10(16)9-3-2-8(13)6-14-9/h2-3,6H,4-5,7H2,1H3,(H,17,18). The van der Waals surface area contributed by atoms with Crippen LogP contribution in [0.4, 0.5) is 4.39 Å². The third-order valence-electron chi connectivity index (χ3n) is 3.22. The summed E-state index contributed by atoms with van der Waals surface area (Å²) in [5.41, 5.74) is -0.776. The second-order valence-corrected chi connectivity index (χ2v) is 4.70. The van der Waals surface area contributed by atoms with Crippen molar-refractivity contribution in [1.29, 1.82) is 0 Å². The molecule has 2 heterocycles. The van der Waals surface area contributed by atoms with Crippen LogP contribution in [0.2, 0.25) is 0 Å². The first-order valence-corrected chi connectivity index (χ1v) is 5.57. The SMILES string of the molecule is CC1(C(=O)O)CCN(C(=O)c2ccc(F)cn2)C1. The third kappa shape index (κ3) is 2.18. The first-order valence-electron chi connectivity index (χ1n) is 5.57. The maximum Gasteiger partial charge on any atom is 0.311 e. The van der Waals surface area contributed by atoms with E-state index in [0.717, 1.165) is 12.3 Å². The summed E-state index contributed by atoms with van der Waals surface area (Å²) >= 11 is 0. The van der Waals surface area contributed by atoms with Gasteiger partial charge in [-0.1, -0.05) is 0 Å². The van der Waals surface area contributed by atoms with Crippen molar-refractivity contribution in [3.8, 4) is 0 Å². The van der Waals surface area contributed by atoms with Crippen LogP contribution in [0, 0.1) is 11.2 Å². The Balaban J connectivity index is 2.12. The van der Waals surface area contributed by atoms with Gasteiger partial charge in [0.15, 0.2) is 0 Å². The fourth-order valence-corrected chi connectivity index (χ4v) is 1.97. The molecule has 18 heavy (non-hydrogen) atoms. The topological polar surface area (TPSA) is 70.5 Å². The Morgan fingerprint density at radius 1 is 1.50 bits per heavy atom. The molecule has 2 rings (SSSR count). The molecule has 0 bridgehead atoms. The number of carbonyl (C=O) groups excluding carboxylic acids is 1. The van der Waals surface area contributed by atoms with Gasteiger partial charge in [-0.3, -0.25) is 9.59 Å². The molecule has 1 aromatic rings. The number of carboxylic acids is 1. The monoisotopic (exact) mass is 252 g/mol. The summed E-state index contributed by atoms with van der Waals surface area (Å²) in [6, 6.07) is 2.46. The predicted molar refractivity (Wildman–Crippen MR) is 60.5 cm³/mol. The van der Waals surface area contributed by atoms with Gasteiger partial charge >= 0.3 is 5.97 Å². The molecule has 1 aliphatic rings. The molecule has 1 aliphatic heterocycles. The fourth-order valence-electron chi connectivity index (χ4n) is 1.97. The first-order chi connectivity index (χ1) is 8.42. The Bertz CT molecular complexity index is 489. The molecule has 1 unspecified atom stereocenters. The minimum Gasteiger partial charge on any atom is -0.481 e. The highest BCUT2D eigenvalue weighted by molar-refractivity contribution is 5.93. The van der Waals surface area contributed by atoms with Gasteiger partial charge in [-0.05, 0) is 25.5 Å². The van der Waals surface area contributed by atoms with Gasteiger partial charge in [-0.15, -0.1) is 0 Å². The van der Waals surface area contributed by atoms with Crippen LogP contribution in [-0.4, -0.2) is 40.0 Å². The van der Waals surface area contributed by atoms with Gasteiger partial charge in [-0.2, -0.15) is 0 Å². The van der Waals surface area contributed by atoms with E-state index < -0.39 is 17.2 Å². The summed E-state index contributed by atoms with van der Waals surface area (Å²) in [7, 11) is 0. The zero-order valence-electron chi connectivity index (χ0n) is 9.89. The highest BCUT2D eigenvalue weighted by atomic mass is 19.1. The van der Waals surface area contributed by atoms with Crippen LogP contribution in [0.15, 0.2) is 18.3 Å². The average molecular weight is 252 g/mol. The molecule has 0 saturated carbocycles. The van der Waals surface area contributed by atoms with Crippen LogP contribution in [0.3, 0.4) is 0 Å². The van der Waals surface area contributed by atoms with Crippen molar-refractivity contribution in [2.24, 2.45) is 5.41 Å². The second kappa shape index (κ2) is 4.36. The highest BCUT2D eigenvalue weighted by Gasteiger charge is 2.42. The van der Waals surface area contributed by atoms with Crippen LogP contribution in [-0.2, 0) is 4.79 Å². The number of hydrogen-bond acceptors (Lipinski definition) is 3. The van der Waals surface area contributed by atoms with E-state index in [1.54, 1.807) is 6.92 Å². The van der Waals surface area contributed by atoms with E-state index in [9.17, 15) is 14.0 Å². The van der Waals surface area contributed by atoms with E-state index in [4.69, 9.17) is 5.11 Å². The number of amides is 1. The van der Waals surface area contributed by atoms with Gasteiger partial charge in [0, 0.05) is 13.1 Å². The molecule has 5 nitrogen and oxygen atoms in total. The number of rotatable bonds is 2. The van der Waals surface area contributed by atoms with Crippen molar-refractivity contribution in [2.45, 2.75) is 13.3 Å². The van der Waals surface area contributed by atoms with E-state index in [-0.39, 0.29) is 18.1 Å². The van der Waals surface area contributed by atoms with Crippen LogP contribution in [0.5, 0.6) is 0 Å². The van der Waals surface area contributed by atoms with Crippen LogP contribution < -0.4 is 0 Å². The molecule has 1 atom stereocenters. The molecule has 1 N–H and O–H groups in total. The van der Waals surface area contributed by atoms with Crippen LogP contribution in [0.25, 0.3) is 0 Å². The van der Waals surface area contributed by atoms with Crippen molar-refractivity contribution < 1.29 is 19.1 Å². The molecule has 0 radical (unpaired) electrons. The fraction of sp³-hybridized carbons (Fsp3) is 0.417. The van der Waals surface area contributed by atoms with Gasteiger partial charge < -0.3 is 10.0 Å². The zero-order chi connectivity index (χ0) is 13.3. The van der Waals surface area contributed by atoms with Gasteiger partial charge in [0.05, 0.1) is 11.6 Å². The Hall–Kier alpha value is -1.98. The van der Waals surface area contributed by atoms with Gasteiger partial charge in [0.1, 0.15) is 11.5 Å². The minimum atomic E-state index is -0.912. The van der Waals surface area contributed by atoms with Crippen LogP contribution in [0.1, 0.15) is 23.8 Å². The number of likely N-dealkylation sites (tertiary alicyclic amines) is 1. The maximum absolute atomic E-state index is 12.7. The third-order valence-corrected chi connectivity index (χ3v) is 3.22. The summed E-state index contributed by atoms with van der Waals surface area (Å²) in [5.74, 6) is -1.78. The van der Waals surface area contributed by atoms with E-state index in [1.165, 1.54) is 11.0 Å². The van der Waals surface area contributed by atoms with Crippen molar-refractivity contribution in [2.75, 3.05) is 13.1 Å². The van der Waals surface area contributed by atoms with Gasteiger partial charge in [0.25, 0.3) is 5.91 Å². The number of carbonyl (C=O) groups is 2. The summed E-state index contributed by atoms with van der Waals surface area (Å²) < 4.78 is 12.7. The molecule has 96 valence electrons. The Kier molecular flexibility index (Phi) is 3.02. The van der Waals surface area contributed by atoms with Crippen molar-refractivity contribution in [1.82, 2.24) is 9.88 Å². The maximum atomic E-state index is 12.7. The second-order valence-electron chi connectivity index (χ2n) is 4.70. The summed E-state index contributed by atoms with van der Waals surface area (Å²) in [4.78, 5) is 28.2. The summed E-state index contributed by atoms with van der Waals surface area (Å²) in [6.45, 7) is 2.14. The number of carboxylic acid groups (broad SMARTS) is 1. The van der Waals surface area contributed by atoms with E-state index in [2.05, 4.69) is 4.98 Å². The Morgan fingerprint density at radius 2 is 2.22 bits per heavy atom. The molecule has 0 spiro atoms. The van der Waals surface area contributed by atoms with Crippen LogP contribution >= 0.6 is 0 Å². The Morgan fingerprint density at radius 3 is 2.72 bits per heavy atom. The molecular formula is C12H13FN2O3. The first kappa shape index (κ1) is 12.5. The van der Waals surface area contributed by atoms with Gasteiger partial charge in [-0.25, -0.2) is 9.37 Å². The highest BCUT2D eigenvalue weighted by Crippen LogP contribution is 2.30. The predicted octanol–water partition coefficient (Wildman–Crippen LogP) is 1.16. The van der Waals surface area contributed by atoms with E-state index in [0.29, 0.717) is 13.0 Å². The normalized spacial score (nSPS) is 23.1. The molecule has 0 aliphatic carbocycles. The van der Waals surface area contributed by atoms with Gasteiger partial charge in [0.2, 0.25) is 0 Å². The lowest BCUT2D eigenvalue weighted by Crippen LogP contribution is -2.35. The largest absolute Gasteiger partial charge is 0.481 e.